The van der Waals surface area contributed by atoms with E-state index in [-0.39, 0.29) is 6.04 Å². The van der Waals surface area contributed by atoms with Gasteiger partial charge in [0.15, 0.2) is 0 Å². The van der Waals surface area contributed by atoms with Crippen molar-refractivity contribution in [1.82, 2.24) is 15.3 Å². The fourth-order valence-electron chi connectivity index (χ4n) is 7.01. The smallest absolute Gasteiger partial charge is 0.312 e. The second-order valence-electron chi connectivity index (χ2n) is 14.2. The van der Waals surface area contributed by atoms with Gasteiger partial charge in [-0.05, 0) is 86.7 Å². The van der Waals surface area contributed by atoms with Crippen LogP contribution in [0.25, 0.3) is 0 Å². The molecule has 0 saturated heterocycles. The van der Waals surface area contributed by atoms with Crippen molar-refractivity contribution in [3.63, 3.8) is 0 Å². The van der Waals surface area contributed by atoms with Crippen LogP contribution < -0.4 is 5.32 Å². The van der Waals surface area contributed by atoms with Crippen LogP contribution in [0.3, 0.4) is 0 Å². The molecule has 5 nitrogen and oxygen atoms in total. The van der Waals surface area contributed by atoms with Crippen molar-refractivity contribution in [1.29, 1.82) is 0 Å². The molecule has 2 atom stereocenters. The summed E-state index contributed by atoms with van der Waals surface area (Å²) >= 11 is 0. The number of benzene rings is 1. The van der Waals surface area contributed by atoms with Crippen LogP contribution in [0.4, 0.5) is 0 Å². The average Bonchev–Trinajstić information content (AvgIpc) is 3.14. The number of nitrogens with one attached hydrogen (secondary N) is 1. The topological polar surface area (TPSA) is 75.1 Å². The standard InChI is InChI=1S/C45H67N3O2/c49-45(50)44(42-32-22-19-23-33-42)43(34-24-17-13-9-5-1-3-7-11-15-20-28-40-30-26-35-46-38-40)48-37-25-18-14-10-6-2-4-8-12-16-21-29-41-31-27-36-47-39-41/h11,15,19,22-23,26-27,30-33,35-36,38-39,43-44,48H,1-10,12-14,16-18,20-21,24-25,28-29,34,37H2,(H,49,50)/b15-11-/t43-,44+/m0/s1. The van der Waals surface area contributed by atoms with E-state index in [2.05, 4.69) is 39.6 Å². The summed E-state index contributed by atoms with van der Waals surface area (Å²) in [5, 5.41) is 13.9. The van der Waals surface area contributed by atoms with Gasteiger partial charge in [-0.1, -0.05) is 151 Å². The monoisotopic (exact) mass is 682 g/mol. The number of hydrogen-bond acceptors (Lipinski definition) is 4. The summed E-state index contributed by atoms with van der Waals surface area (Å²) in [5.74, 6) is -1.21. The van der Waals surface area contributed by atoms with Gasteiger partial charge >= 0.3 is 5.97 Å². The SMILES string of the molecule is O=C(O)[C@H](c1ccccc1)[C@H](CCCCCCCCC/C=C\CCc1cccnc1)NCCCCCCCCCCCCCc1cccnc1. The minimum Gasteiger partial charge on any atom is -0.481 e. The Labute approximate surface area is 304 Å². The Morgan fingerprint density at radius 2 is 1.10 bits per heavy atom. The van der Waals surface area contributed by atoms with Crippen LogP contribution >= 0.6 is 0 Å². The number of pyridine rings is 2. The highest BCUT2D eigenvalue weighted by Crippen LogP contribution is 2.25. The lowest BCUT2D eigenvalue weighted by Crippen LogP contribution is -2.39. The van der Waals surface area contributed by atoms with E-state index < -0.39 is 11.9 Å². The molecule has 0 aliphatic rings. The third kappa shape index (κ3) is 19.8. The van der Waals surface area contributed by atoms with Gasteiger partial charge in [-0.2, -0.15) is 0 Å². The highest BCUT2D eigenvalue weighted by molar-refractivity contribution is 5.77. The number of carbonyl (C=O) groups is 1. The summed E-state index contributed by atoms with van der Waals surface area (Å²) in [5.41, 5.74) is 3.58. The largest absolute Gasteiger partial charge is 0.481 e. The molecule has 2 N–H and O–H groups in total. The first-order valence-corrected chi connectivity index (χ1v) is 20.2. The van der Waals surface area contributed by atoms with Gasteiger partial charge in [0, 0.05) is 30.8 Å². The van der Waals surface area contributed by atoms with Crippen molar-refractivity contribution in [2.75, 3.05) is 6.54 Å². The third-order valence-corrected chi connectivity index (χ3v) is 9.97. The van der Waals surface area contributed by atoms with Crippen LogP contribution in [-0.4, -0.2) is 33.6 Å². The Morgan fingerprint density at radius 3 is 1.68 bits per heavy atom. The molecule has 0 fully saturated rings. The first-order chi connectivity index (χ1) is 24.7. The molecule has 0 radical (unpaired) electrons. The minimum atomic E-state index is -0.715. The molecule has 3 aromatic rings. The molecular weight excluding hydrogens is 615 g/mol. The van der Waals surface area contributed by atoms with Gasteiger partial charge in [0.2, 0.25) is 0 Å². The van der Waals surface area contributed by atoms with E-state index in [1.54, 1.807) is 0 Å². The Bertz CT molecular complexity index is 1230. The summed E-state index contributed by atoms with van der Waals surface area (Å²) in [7, 11) is 0. The number of carboxylic acids is 1. The summed E-state index contributed by atoms with van der Waals surface area (Å²) in [6.45, 7) is 0.901. The fourth-order valence-corrected chi connectivity index (χ4v) is 7.01. The third-order valence-electron chi connectivity index (χ3n) is 9.97. The molecule has 3 rings (SSSR count). The maximum absolute atomic E-state index is 12.5. The Balaban J connectivity index is 1.20. The lowest BCUT2D eigenvalue weighted by molar-refractivity contribution is -0.139. The zero-order chi connectivity index (χ0) is 35.2. The molecule has 0 bridgehead atoms. The van der Waals surface area contributed by atoms with Crippen molar-refractivity contribution < 1.29 is 9.90 Å². The van der Waals surface area contributed by atoms with Crippen molar-refractivity contribution in [2.45, 2.75) is 160 Å². The van der Waals surface area contributed by atoms with Gasteiger partial charge in [0.1, 0.15) is 0 Å². The van der Waals surface area contributed by atoms with E-state index in [1.807, 2.05) is 67.3 Å². The van der Waals surface area contributed by atoms with E-state index in [9.17, 15) is 9.90 Å². The zero-order valence-electron chi connectivity index (χ0n) is 31.0. The number of nitrogens with zero attached hydrogens (tertiary/aromatic N) is 2. The van der Waals surface area contributed by atoms with Gasteiger partial charge in [-0.25, -0.2) is 0 Å². The molecular formula is C45H67N3O2. The average molecular weight is 682 g/mol. The number of hydrogen-bond donors (Lipinski definition) is 2. The molecule has 0 spiro atoms. The number of carboxylic acid groups (broad SMARTS) is 1. The summed E-state index contributed by atoms with van der Waals surface area (Å²) in [6.07, 6.45) is 40.6. The normalized spacial score (nSPS) is 12.7. The molecule has 1 aromatic carbocycles. The number of rotatable bonds is 31. The van der Waals surface area contributed by atoms with E-state index in [0.29, 0.717) is 0 Å². The second kappa shape index (κ2) is 28.4. The van der Waals surface area contributed by atoms with Gasteiger partial charge in [0.05, 0.1) is 5.92 Å². The maximum Gasteiger partial charge on any atom is 0.312 e. The molecule has 0 aliphatic heterocycles. The van der Waals surface area contributed by atoms with E-state index >= 15 is 0 Å². The Hall–Kier alpha value is -3.31. The Kier molecular flexibility index (Phi) is 23.3. The van der Waals surface area contributed by atoms with Gasteiger partial charge in [0.25, 0.3) is 0 Å². The van der Waals surface area contributed by atoms with Gasteiger partial charge < -0.3 is 10.4 Å². The van der Waals surface area contributed by atoms with Crippen LogP contribution in [-0.2, 0) is 17.6 Å². The Morgan fingerprint density at radius 1 is 0.580 bits per heavy atom. The number of aromatic nitrogens is 2. The van der Waals surface area contributed by atoms with Gasteiger partial charge in [-0.15, -0.1) is 0 Å². The summed E-state index contributed by atoms with van der Waals surface area (Å²) in [6, 6.07) is 18.2. The highest BCUT2D eigenvalue weighted by Gasteiger charge is 2.29. The quantitative estimate of drug-likeness (QED) is 0.0522. The van der Waals surface area contributed by atoms with Gasteiger partial charge in [-0.3, -0.25) is 14.8 Å². The number of aryl methyl sites for hydroxylation is 2. The van der Waals surface area contributed by atoms with Crippen molar-refractivity contribution in [3.05, 3.63) is 108 Å². The molecule has 50 heavy (non-hydrogen) atoms. The van der Waals surface area contributed by atoms with Crippen molar-refractivity contribution in [3.8, 4) is 0 Å². The molecule has 0 saturated carbocycles. The van der Waals surface area contributed by atoms with Crippen molar-refractivity contribution in [2.24, 2.45) is 0 Å². The first-order valence-electron chi connectivity index (χ1n) is 20.2. The minimum absolute atomic E-state index is 0.0239. The van der Waals surface area contributed by atoms with Crippen molar-refractivity contribution >= 4 is 5.97 Å². The summed E-state index contributed by atoms with van der Waals surface area (Å²) in [4.78, 5) is 20.9. The molecule has 274 valence electrons. The molecule has 0 unspecified atom stereocenters. The molecule has 5 heteroatoms. The molecule has 0 aliphatic carbocycles. The fraction of sp³-hybridized carbons (Fsp3) is 0.578. The molecule has 0 amide bonds. The second-order valence-corrected chi connectivity index (χ2v) is 14.2. The van der Waals surface area contributed by atoms with Crippen LogP contribution in [0.1, 0.15) is 157 Å². The van der Waals surface area contributed by atoms with E-state index in [0.717, 1.165) is 50.6 Å². The predicted molar refractivity (Wildman–Crippen MR) is 211 cm³/mol. The van der Waals surface area contributed by atoms with Crippen LogP contribution in [0.2, 0.25) is 0 Å². The summed E-state index contributed by atoms with van der Waals surface area (Å²) < 4.78 is 0. The predicted octanol–water partition coefficient (Wildman–Crippen LogP) is 11.8. The number of allylic oxidation sites excluding steroid dienone is 2. The van der Waals surface area contributed by atoms with Crippen LogP contribution in [0, 0.1) is 0 Å². The molecule has 2 heterocycles. The zero-order valence-corrected chi connectivity index (χ0v) is 31.0. The first kappa shape index (κ1) is 41.1. The van der Waals surface area contributed by atoms with E-state index in [1.165, 1.54) is 120 Å². The maximum atomic E-state index is 12.5. The lowest BCUT2D eigenvalue weighted by Gasteiger charge is -2.26. The number of unbranched alkanes of at least 4 members (excludes halogenated alkanes) is 17. The van der Waals surface area contributed by atoms with Crippen LogP contribution in [0.5, 0.6) is 0 Å². The highest BCUT2D eigenvalue weighted by atomic mass is 16.4. The molecule has 2 aromatic heterocycles. The van der Waals surface area contributed by atoms with E-state index in [4.69, 9.17) is 0 Å². The van der Waals surface area contributed by atoms with Crippen LogP contribution in [0.15, 0.2) is 91.5 Å². The number of aliphatic carboxylic acids is 1. The lowest BCUT2D eigenvalue weighted by atomic mass is 9.88.